The van der Waals surface area contributed by atoms with Crippen molar-refractivity contribution in [3.05, 3.63) is 283 Å². The SMILES string of the molecule is c1ccc(-c2ccc(N(c3cccc(-c4ccc5c(c4)C(c4ccccc4)(c4ccccc4)c4ccccc4-5)c3)c3cccc(-c4cccc5c4sc4c6ccccc6ccc54)c3)cc2)cc1. The molecule has 0 N–H and O–H groups in total. The van der Waals surface area contributed by atoms with E-state index in [1.54, 1.807) is 0 Å². The third-order valence-electron chi connectivity index (χ3n) is 13.9. The molecule has 0 bridgehead atoms. The predicted octanol–water partition coefficient (Wildman–Crippen LogP) is 18.0. The van der Waals surface area contributed by atoms with Crippen molar-refractivity contribution in [2.45, 2.75) is 5.41 Å². The van der Waals surface area contributed by atoms with Gasteiger partial charge in [0.15, 0.2) is 0 Å². The smallest absolute Gasteiger partial charge is 0.0713 e. The Balaban J connectivity index is 0.968. The highest BCUT2D eigenvalue weighted by Crippen LogP contribution is 2.57. The Hall–Kier alpha value is -8.30. The molecule has 13 rings (SSSR count). The molecule has 1 aromatic heterocycles. The first kappa shape index (κ1) is 39.1. The van der Waals surface area contributed by atoms with Crippen LogP contribution >= 0.6 is 11.3 Å². The monoisotopic (exact) mass is 869 g/mol. The van der Waals surface area contributed by atoms with Crippen molar-refractivity contribution in [2.75, 3.05) is 4.90 Å². The van der Waals surface area contributed by atoms with E-state index in [2.05, 4.69) is 266 Å². The van der Waals surface area contributed by atoms with Gasteiger partial charge in [-0.25, -0.2) is 0 Å². The van der Waals surface area contributed by atoms with Gasteiger partial charge in [0.05, 0.1) is 5.41 Å². The van der Waals surface area contributed by atoms with Gasteiger partial charge in [0, 0.05) is 37.2 Å². The average Bonchev–Trinajstić information content (AvgIpc) is 3.94. The summed E-state index contributed by atoms with van der Waals surface area (Å²) in [6.45, 7) is 0. The van der Waals surface area contributed by atoms with Crippen molar-refractivity contribution in [2.24, 2.45) is 0 Å². The van der Waals surface area contributed by atoms with E-state index >= 15 is 0 Å². The standard InChI is InChI=1S/C65H43NS/c1-4-17-44(18-5-1)45-33-37-52(38-34-45)66(54-27-15-21-49(42-54)56-30-16-31-59-60-40-35-46-19-10-11-28-55(46)63(60)67-64(56)59)53-26-14-20-47(41-53)48-36-39-58-57-29-12-13-32-61(57)65(62(58)43-48,50-22-6-2-7-23-50)51-24-8-3-9-25-51/h1-43H. The fraction of sp³-hybridized carbons (Fsp3) is 0.0154. The highest BCUT2D eigenvalue weighted by Gasteiger charge is 2.46. The van der Waals surface area contributed by atoms with Crippen molar-refractivity contribution < 1.29 is 0 Å². The van der Waals surface area contributed by atoms with Crippen LogP contribution in [-0.4, -0.2) is 0 Å². The highest BCUT2D eigenvalue weighted by molar-refractivity contribution is 7.27. The number of nitrogens with zero attached hydrogens (tertiary/aromatic N) is 1. The molecule has 0 unspecified atom stereocenters. The number of anilines is 3. The molecule has 0 saturated heterocycles. The normalized spacial score (nSPS) is 12.6. The molecule has 12 aromatic rings. The van der Waals surface area contributed by atoms with E-state index in [-0.39, 0.29) is 0 Å². The zero-order valence-corrected chi connectivity index (χ0v) is 37.5. The summed E-state index contributed by atoms with van der Waals surface area (Å²) < 4.78 is 2.65. The van der Waals surface area contributed by atoms with Crippen LogP contribution in [-0.2, 0) is 5.41 Å². The predicted molar refractivity (Wildman–Crippen MR) is 285 cm³/mol. The summed E-state index contributed by atoms with van der Waals surface area (Å²) in [6, 6.07) is 96.2. The van der Waals surface area contributed by atoms with Gasteiger partial charge in [-0.2, -0.15) is 0 Å². The maximum atomic E-state index is 2.46. The summed E-state index contributed by atoms with van der Waals surface area (Å²) in [5, 5.41) is 5.20. The lowest BCUT2D eigenvalue weighted by Gasteiger charge is -2.34. The van der Waals surface area contributed by atoms with Crippen LogP contribution in [0.2, 0.25) is 0 Å². The minimum atomic E-state index is -0.473. The minimum absolute atomic E-state index is 0.473. The van der Waals surface area contributed by atoms with E-state index in [1.807, 2.05) is 11.3 Å². The molecule has 1 heterocycles. The van der Waals surface area contributed by atoms with Gasteiger partial charge in [0.25, 0.3) is 0 Å². The largest absolute Gasteiger partial charge is 0.310 e. The molecule has 0 aliphatic heterocycles. The lowest BCUT2D eigenvalue weighted by molar-refractivity contribution is 0.769. The van der Waals surface area contributed by atoms with E-state index in [0.717, 1.165) is 22.6 Å². The molecule has 11 aromatic carbocycles. The van der Waals surface area contributed by atoms with Crippen LogP contribution in [0, 0.1) is 0 Å². The number of hydrogen-bond acceptors (Lipinski definition) is 2. The second-order valence-corrected chi connectivity index (χ2v) is 18.6. The molecule has 2 heteroatoms. The average molecular weight is 870 g/mol. The molecule has 1 nitrogen and oxygen atoms in total. The van der Waals surface area contributed by atoms with E-state index in [9.17, 15) is 0 Å². The molecule has 314 valence electrons. The van der Waals surface area contributed by atoms with E-state index in [1.165, 1.54) is 92.1 Å². The third-order valence-corrected chi connectivity index (χ3v) is 15.2. The zero-order valence-electron chi connectivity index (χ0n) is 36.7. The Morgan fingerprint density at radius 2 is 0.806 bits per heavy atom. The quantitative estimate of drug-likeness (QED) is 0.147. The number of fused-ring (bicyclic) bond motifs is 8. The van der Waals surface area contributed by atoms with Crippen molar-refractivity contribution in [3.63, 3.8) is 0 Å². The van der Waals surface area contributed by atoms with E-state index in [4.69, 9.17) is 0 Å². The first-order valence-corrected chi connectivity index (χ1v) is 23.9. The molecule has 0 saturated carbocycles. The molecule has 0 radical (unpaired) electrons. The number of hydrogen-bond donors (Lipinski definition) is 0. The summed E-state index contributed by atoms with van der Waals surface area (Å²) in [7, 11) is 0. The summed E-state index contributed by atoms with van der Waals surface area (Å²) in [5.74, 6) is 0. The number of benzene rings is 11. The first-order chi connectivity index (χ1) is 33.2. The Kier molecular flexibility index (Phi) is 9.33. The Morgan fingerprint density at radius 1 is 0.284 bits per heavy atom. The highest BCUT2D eigenvalue weighted by atomic mass is 32.1. The summed E-state index contributed by atoms with van der Waals surface area (Å²) in [6.07, 6.45) is 0. The van der Waals surface area contributed by atoms with Crippen LogP contribution in [0.3, 0.4) is 0 Å². The van der Waals surface area contributed by atoms with Crippen LogP contribution in [0.25, 0.3) is 75.5 Å². The van der Waals surface area contributed by atoms with Crippen LogP contribution in [0.1, 0.15) is 22.3 Å². The second kappa shape index (κ2) is 16.0. The van der Waals surface area contributed by atoms with Gasteiger partial charge < -0.3 is 4.90 Å². The third kappa shape index (κ3) is 6.37. The molecule has 1 aliphatic carbocycles. The van der Waals surface area contributed by atoms with Crippen LogP contribution < -0.4 is 4.90 Å². The molecular formula is C65H43NS. The maximum Gasteiger partial charge on any atom is 0.0713 e. The van der Waals surface area contributed by atoms with Gasteiger partial charge in [-0.15, -0.1) is 11.3 Å². The molecule has 0 atom stereocenters. The summed E-state index contributed by atoms with van der Waals surface area (Å²) in [4.78, 5) is 2.42. The van der Waals surface area contributed by atoms with Gasteiger partial charge in [-0.1, -0.05) is 218 Å². The van der Waals surface area contributed by atoms with Crippen LogP contribution in [0.5, 0.6) is 0 Å². The van der Waals surface area contributed by atoms with Crippen molar-refractivity contribution >= 4 is 59.3 Å². The van der Waals surface area contributed by atoms with Gasteiger partial charge in [0.2, 0.25) is 0 Å². The summed E-state index contributed by atoms with van der Waals surface area (Å²) >= 11 is 1.91. The summed E-state index contributed by atoms with van der Waals surface area (Å²) in [5.41, 5.74) is 17.7. The van der Waals surface area contributed by atoms with Crippen LogP contribution in [0.15, 0.2) is 261 Å². The molecule has 0 amide bonds. The fourth-order valence-corrected chi connectivity index (χ4v) is 12.3. The minimum Gasteiger partial charge on any atom is -0.310 e. The lowest BCUT2D eigenvalue weighted by Crippen LogP contribution is -2.28. The number of thiophene rings is 1. The molecular weight excluding hydrogens is 827 g/mol. The Morgan fingerprint density at radius 3 is 1.57 bits per heavy atom. The molecule has 0 fully saturated rings. The Labute approximate surface area is 395 Å². The topological polar surface area (TPSA) is 3.24 Å². The maximum absolute atomic E-state index is 2.46. The van der Waals surface area contributed by atoms with Crippen molar-refractivity contribution in [1.29, 1.82) is 0 Å². The van der Waals surface area contributed by atoms with Gasteiger partial charge in [-0.3, -0.25) is 0 Å². The van der Waals surface area contributed by atoms with Gasteiger partial charge in [-0.05, 0) is 120 Å². The second-order valence-electron chi connectivity index (χ2n) is 17.6. The first-order valence-electron chi connectivity index (χ1n) is 23.1. The van der Waals surface area contributed by atoms with Crippen LogP contribution in [0.4, 0.5) is 17.1 Å². The van der Waals surface area contributed by atoms with Gasteiger partial charge in [0.1, 0.15) is 0 Å². The van der Waals surface area contributed by atoms with Crippen molar-refractivity contribution in [3.8, 4) is 44.5 Å². The zero-order chi connectivity index (χ0) is 44.3. The van der Waals surface area contributed by atoms with E-state index < -0.39 is 5.41 Å². The van der Waals surface area contributed by atoms with Crippen molar-refractivity contribution in [1.82, 2.24) is 0 Å². The number of rotatable bonds is 8. The van der Waals surface area contributed by atoms with Gasteiger partial charge >= 0.3 is 0 Å². The lowest BCUT2D eigenvalue weighted by atomic mass is 9.67. The Bertz CT molecular complexity index is 3760. The molecule has 0 spiro atoms. The molecule has 1 aliphatic rings. The molecule has 67 heavy (non-hydrogen) atoms. The van der Waals surface area contributed by atoms with E-state index in [0.29, 0.717) is 0 Å². The fourth-order valence-electron chi connectivity index (χ4n) is 10.9.